The van der Waals surface area contributed by atoms with E-state index < -0.39 is 0 Å². The zero-order chi connectivity index (χ0) is 19.4. The molecule has 1 aliphatic carbocycles. The zero-order valence-corrected chi connectivity index (χ0v) is 16.8. The topological polar surface area (TPSA) is 55.9 Å². The van der Waals surface area contributed by atoms with Crippen molar-refractivity contribution in [1.82, 2.24) is 20.0 Å². The molecular weight excluding hydrogens is 340 g/mol. The molecule has 0 unspecified atom stereocenters. The fraction of sp³-hybridized carbons (Fsp3) is 0.619. The maximum atomic E-state index is 12.6. The van der Waals surface area contributed by atoms with Gasteiger partial charge in [0.25, 0.3) is 0 Å². The number of rotatable bonds is 7. The summed E-state index contributed by atoms with van der Waals surface area (Å²) in [5, 5.41) is 3.01. The second-order valence-electron chi connectivity index (χ2n) is 8.02. The molecule has 1 heterocycles. The van der Waals surface area contributed by atoms with Crippen LogP contribution in [0.25, 0.3) is 0 Å². The molecule has 1 atom stereocenters. The molecule has 1 aliphatic heterocycles. The van der Waals surface area contributed by atoms with Gasteiger partial charge in [-0.2, -0.15) is 0 Å². The van der Waals surface area contributed by atoms with Crippen molar-refractivity contribution in [3.05, 3.63) is 35.4 Å². The monoisotopic (exact) mass is 372 g/mol. The molecule has 1 saturated heterocycles. The number of benzene rings is 1. The highest BCUT2D eigenvalue weighted by Gasteiger charge is 2.29. The molecule has 27 heavy (non-hydrogen) atoms. The van der Waals surface area contributed by atoms with Crippen LogP contribution < -0.4 is 5.32 Å². The van der Waals surface area contributed by atoms with E-state index >= 15 is 0 Å². The minimum atomic E-state index is -0.280. The lowest BCUT2D eigenvalue weighted by molar-refractivity contribution is -0.135. The Kier molecular flexibility index (Phi) is 6.50. The number of likely N-dealkylation sites (N-methyl/N-ethyl adjacent to an activating group) is 1. The number of nitrogens with zero attached hydrogens (tertiary/aromatic N) is 3. The Balaban J connectivity index is 1.41. The van der Waals surface area contributed by atoms with E-state index in [0.29, 0.717) is 6.04 Å². The molecule has 2 amide bonds. The summed E-state index contributed by atoms with van der Waals surface area (Å²) in [5.74, 6) is 0.134. The van der Waals surface area contributed by atoms with Gasteiger partial charge in [0, 0.05) is 38.8 Å². The van der Waals surface area contributed by atoms with Crippen molar-refractivity contribution in [2.24, 2.45) is 0 Å². The average molecular weight is 373 g/mol. The third kappa shape index (κ3) is 5.78. The number of hydrogen-bond acceptors (Lipinski definition) is 4. The normalized spacial score (nSPS) is 19.2. The Bertz CT molecular complexity index is 666. The lowest BCUT2D eigenvalue weighted by Crippen LogP contribution is -2.52. The van der Waals surface area contributed by atoms with Crippen LogP contribution in [0.3, 0.4) is 0 Å². The van der Waals surface area contributed by atoms with Gasteiger partial charge in [-0.05, 0) is 39.3 Å². The fourth-order valence-corrected chi connectivity index (χ4v) is 3.42. The number of carbonyl (C=O) groups is 2. The van der Waals surface area contributed by atoms with Crippen molar-refractivity contribution < 1.29 is 9.59 Å². The third-order valence-corrected chi connectivity index (χ3v) is 5.56. The molecule has 6 heteroatoms. The second kappa shape index (κ2) is 8.85. The Morgan fingerprint density at radius 3 is 2.56 bits per heavy atom. The van der Waals surface area contributed by atoms with Gasteiger partial charge >= 0.3 is 0 Å². The first-order valence-corrected chi connectivity index (χ1v) is 9.98. The van der Waals surface area contributed by atoms with E-state index in [-0.39, 0.29) is 24.4 Å². The molecule has 2 fully saturated rings. The molecule has 0 radical (unpaired) electrons. The molecular formula is C21H32N4O2. The minimum Gasteiger partial charge on any atom is -0.352 e. The first kappa shape index (κ1) is 19.8. The minimum absolute atomic E-state index is 0.0239. The van der Waals surface area contributed by atoms with Gasteiger partial charge < -0.3 is 10.2 Å². The van der Waals surface area contributed by atoms with E-state index in [1.807, 2.05) is 23.8 Å². The Morgan fingerprint density at radius 1 is 1.22 bits per heavy atom. The van der Waals surface area contributed by atoms with Crippen LogP contribution >= 0.6 is 0 Å². The van der Waals surface area contributed by atoms with E-state index in [0.717, 1.165) is 45.6 Å². The van der Waals surface area contributed by atoms with E-state index in [2.05, 4.69) is 41.4 Å². The van der Waals surface area contributed by atoms with E-state index in [4.69, 9.17) is 0 Å². The van der Waals surface area contributed by atoms with Gasteiger partial charge in [0.2, 0.25) is 11.8 Å². The zero-order valence-electron chi connectivity index (χ0n) is 16.8. The Hall–Kier alpha value is -1.92. The first-order chi connectivity index (χ1) is 12.9. The average Bonchev–Trinajstić information content (AvgIpc) is 3.45. The lowest BCUT2D eigenvalue weighted by Gasteiger charge is -2.36. The Labute approximate surface area is 162 Å². The van der Waals surface area contributed by atoms with E-state index in [9.17, 15) is 9.59 Å². The largest absolute Gasteiger partial charge is 0.352 e. The number of piperazine rings is 1. The summed E-state index contributed by atoms with van der Waals surface area (Å²) in [6, 6.07) is 8.67. The van der Waals surface area contributed by atoms with Crippen LogP contribution in [-0.2, 0) is 16.1 Å². The van der Waals surface area contributed by atoms with Gasteiger partial charge in [0.15, 0.2) is 0 Å². The first-order valence-electron chi connectivity index (χ1n) is 9.98. The van der Waals surface area contributed by atoms with Crippen molar-refractivity contribution in [2.75, 3.05) is 39.8 Å². The van der Waals surface area contributed by atoms with Gasteiger partial charge in [-0.3, -0.25) is 19.4 Å². The second-order valence-corrected chi connectivity index (χ2v) is 8.02. The summed E-state index contributed by atoms with van der Waals surface area (Å²) in [6.07, 6.45) is 2.15. The predicted molar refractivity (Wildman–Crippen MR) is 106 cm³/mol. The smallest absolute Gasteiger partial charge is 0.237 e. The highest BCUT2D eigenvalue weighted by Crippen LogP contribution is 2.19. The molecule has 148 valence electrons. The number of aryl methyl sites for hydroxylation is 1. The molecule has 0 bridgehead atoms. The van der Waals surface area contributed by atoms with Crippen molar-refractivity contribution in [2.45, 2.75) is 45.3 Å². The van der Waals surface area contributed by atoms with Crippen LogP contribution in [0.5, 0.6) is 0 Å². The molecule has 1 saturated carbocycles. The molecule has 1 aromatic rings. The standard InChI is InChI=1S/C21H32N4O2/c1-16-5-4-6-18(13-16)14-24-9-11-25(12-10-24)20(26)15-23(3)17(2)21(27)22-19-7-8-19/h4-6,13,17,19H,7-12,14-15H2,1-3H3,(H,22,27)/t17-/m0/s1. The van der Waals surface area contributed by atoms with Crippen LogP contribution in [0.1, 0.15) is 30.9 Å². The van der Waals surface area contributed by atoms with Crippen molar-refractivity contribution in [3.63, 3.8) is 0 Å². The summed E-state index contributed by atoms with van der Waals surface area (Å²) >= 11 is 0. The summed E-state index contributed by atoms with van der Waals surface area (Å²) in [7, 11) is 1.85. The SMILES string of the molecule is Cc1cccc(CN2CCN(C(=O)CN(C)[C@@H](C)C(=O)NC3CC3)CC2)c1. The van der Waals surface area contributed by atoms with E-state index in [1.54, 1.807) is 0 Å². The van der Waals surface area contributed by atoms with Crippen molar-refractivity contribution in [1.29, 1.82) is 0 Å². The molecule has 3 rings (SSSR count). The number of amides is 2. The maximum absolute atomic E-state index is 12.6. The summed E-state index contributed by atoms with van der Waals surface area (Å²) in [6.45, 7) is 8.48. The van der Waals surface area contributed by atoms with Crippen molar-refractivity contribution >= 4 is 11.8 Å². The molecule has 6 nitrogen and oxygen atoms in total. The molecule has 1 N–H and O–H groups in total. The molecule has 1 aromatic carbocycles. The fourth-order valence-electron chi connectivity index (χ4n) is 3.42. The molecule has 2 aliphatic rings. The summed E-state index contributed by atoms with van der Waals surface area (Å²) < 4.78 is 0. The number of hydrogen-bond donors (Lipinski definition) is 1. The van der Waals surface area contributed by atoms with Gasteiger partial charge in [-0.25, -0.2) is 0 Å². The highest BCUT2D eigenvalue weighted by atomic mass is 16.2. The predicted octanol–water partition coefficient (Wildman–Crippen LogP) is 1.24. The van der Waals surface area contributed by atoms with Gasteiger partial charge in [0.05, 0.1) is 12.6 Å². The van der Waals surface area contributed by atoms with Crippen LogP contribution in [0.4, 0.5) is 0 Å². The summed E-state index contributed by atoms with van der Waals surface area (Å²) in [4.78, 5) is 30.9. The summed E-state index contributed by atoms with van der Waals surface area (Å²) in [5.41, 5.74) is 2.61. The quantitative estimate of drug-likeness (QED) is 0.782. The van der Waals surface area contributed by atoms with Crippen molar-refractivity contribution in [3.8, 4) is 0 Å². The Morgan fingerprint density at radius 2 is 1.93 bits per heavy atom. The number of carbonyl (C=O) groups excluding carboxylic acids is 2. The van der Waals surface area contributed by atoms with E-state index in [1.165, 1.54) is 11.1 Å². The molecule has 0 spiro atoms. The maximum Gasteiger partial charge on any atom is 0.237 e. The third-order valence-electron chi connectivity index (χ3n) is 5.56. The molecule has 0 aromatic heterocycles. The lowest BCUT2D eigenvalue weighted by atomic mass is 10.1. The van der Waals surface area contributed by atoms with Crippen LogP contribution in [0.15, 0.2) is 24.3 Å². The van der Waals surface area contributed by atoms with Gasteiger partial charge in [-0.1, -0.05) is 29.8 Å². The number of nitrogens with one attached hydrogen (secondary N) is 1. The van der Waals surface area contributed by atoms with Crippen LogP contribution in [0, 0.1) is 6.92 Å². The highest BCUT2D eigenvalue weighted by molar-refractivity contribution is 5.83. The van der Waals surface area contributed by atoms with Crippen LogP contribution in [-0.4, -0.2) is 78.4 Å². The van der Waals surface area contributed by atoms with Gasteiger partial charge in [0.1, 0.15) is 0 Å². The van der Waals surface area contributed by atoms with Crippen LogP contribution in [0.2, 0.25) is 0 Å². The van der Waals surface area contributed by atoms with Gasteiger partial charge in [-0.15, -0.1) is 0 Å².